The minimum Gasteiger partial charge on any atom is -0.495 e. The van der Waals surface area contributed by atoms with Crippen LogP contribution in [0.2, 0.25) is 0 Å². The summed E-state index contributed by atoms with van der Waals surface area (Å²) in [6.07, 6.45) is 0. The number of carboxylic acids is 1. The number of benzene rings is 1. The number of ether oxygens (including phenoxy) is 1. The van der Waals surface area contributed by atoms with Gasteiger partial charge in [-0.2, -0.15) is 0 Å². The van der Waals surface area contributed by atoms with E-state index in [4.69, 9.17) is 15.6 Å². The number of halogens is 1. The highest BCUT2D eigenvalue weighted by molar-refractivity contribution is 9.10. The van der Waals surface area contributed by atoms with Crippen molar-refractivity contribution in [3.63, 3.8) is 0 Å². The first-order valence-electron chi connectivity index (χ1n) is 4.30. The molecule has 0 saturated carbocycles. The van der Waals surface area contributed by atoms with E-state index in [0.29, 0.717) is 11.3 Å². The second-order valence-electron chi connectivity index (χ2n) is 3.13. The highest BCUT2D eigenvalue weighted by Crippen LogP contribution is 2.34. The summed E-state index contributed by atoms with van der Waals surface area (Å²) >= 11 is 3.34. The highest BCUT2D eigenvalue weighted by Gasteiger charge is 2.21. The van der Waals surface area contributed by atoms with Crippen molar-refractivity contribution in [1.29, 1.82) is 0 Å². The summed E-state index contributed by atoms with van der Waals surface area (Å²) in [6, 6.07) is 2.39. The van der Waals surface area contributed by atoms with Crippen molar-refractivity contribution in [1.82, 2.24) is 0 Å². The fraction of sp³-hybridized carbons (Fsp3) is 0.300. The number of carbonyl (C=O) groups is 1. The molecule has 0 aliphatic heterocycles. The van der Waals surface area contributed by atoms with Crippen molar-refractivity contribution in [3.05, 3.63) is 27.7 Å². The number of rotatable bonds is 3. The van der Waals surface area contributed by atoms with Crippen molar-refractivity contribution >= 4 is 21.9 Å². The van der Waals surface area contributed by atoms with Crippen LogP contribution in [0, 0.1) is 6.92 Å². The maximum atomic E-state index is 10.8. The van der Waals surface area contributed by atoms with Gasteiger partial charge in [0.15, 0.2) is 0 Å². The van der Waals surface area contributed by atoms with Gasteiger partial charge in [-0.3, -0.25) is 4.79 Å². The van der Waals surface area contributed by atoms with Gasteiger partial charge in [-0.25, -0.2) is 0 Å². The number of carboxylic acid groups (broad SMARTS) is 1. The quantitative estimate of drug-likeness (QED) is 0.882. The van der Waals surface area contributed by atoms with Crippen LogP contribution in [-0.2, 0) is 4.79 Å². The Morgan fingerprint density at radius 1 is 1.60 bits per heavy atom. The normalized spacial score (nSPS) is 12.3. The van der Waals surface area contributed by atoms with Gasteiger partial charge in [0.25, 0.3) is 0 Å². The summed E-state index contributed by atoms with van der Waals surface area (Å²) in [6.45, 7) is 1.89. The summed E-state index contributed by atoms with van der Waals surface area (Å²) in [5, 5.41) is 8.82. The lowest BCUT2D eigenvalue weighted by Crippen LogP contribution is -2.21. The molecule has 3 N–H and O–H groups in total. The largest absolute Gasteiger partial charge is 0.495 e. The lowest BCUT2D eigenvalue weighted by molar-refractivity contribution is -0.138. The van der Waals surface area contributed by atoms with E-state index in [1.165, 1.54) is 7.11 Å². The lowest BCUT2D eigenvalue weighted by atomic mass is 10.0. The molecule has 1 atom stereocenters. The maximum absolute atomic E-state index is 10.8. The Labute approximate surface area is 96.2 Å². The Balaban J connectivity index is 3.30. The average Bonchev–Trinajstić information content (AvgIpc) is 2.20. The van der Waals surface area contributed by atoms with Gasteiger partial charge in [0.05, 0.1) is 11.6 Å². The molecule has 5 heteroatoms. The van der Waals surface area contributed by atoms with E-state index in [-0.39, 0.29) is 0 Å². The van der Waals surface area contributed by atoms with Crippen molar-refractivity contribution in [2.24, 2.45) is 5.73 Å². The zero-order valence-electron chi connectivity index (χ0n) is 8.45. The molecule has 0 fully saturated rings. The molecule has 0 bridgehead atoms. The fourth-order valence-electron chi connectivity index (χ4n) is 1.25. The Morgan fingerprint density at radius 2 is 2.20 bits per heavy atom. The SMILES string of the molecule is COc1c(C(N)C(=O)O)ccc(C)c1Br. The zero-order valence-corrected chi connectivity index (χ0v) is 10.0. The van der Waals surface area contributed by atoms with Gasteiger partial charge in [0, 0.05) is 5.56 Å². The molecule has 1 rings (SSSR count). The van der Waals surface area contributed by atoms with Crippen molar-refractivity contribution in [2.45, 2.75) is 13.0 Å². The molecule has 0 heterocycles. The molecule has 0 spiro atoms. The summed E-state index contributed by atoms with van der Waals surface area (Å²) in [5.74, 6) is -0.603. The van der Waals surface area contributed by atoms with Crippen LogP contribution in [0.15, 0.2) is 16.6 Å². The van der Waals surface area contributed by atoms with Gasteiger partial charge in [-0.1, -0.05) is 12.1 Å². The second kappa shape index (κ2) is 4.63. The van der Waals surface area contributed by atoms with Crippen LogP contribution < -0.4 is 10.5 Å². The number of nitrogens with two attached hydrogens (primary N) is 1. The van der Waals surface area contributed by atoms with E-state index >= 15 is 0 Å². The molecule has 15 heavy (non-hydrogen) atoms. The minimum atomic E-state index is -1.08. The Bertz CT molecular complexity index is 392. The number of hydrogen-bond donors (Lipinski definition) is 2. The Kier molecular flexibility index (Phi) is 3.71. The molecule has 1 aromatic carbocycles. The third-order valence-electron chi connectivity index (χ3n) is 2.13. The molecule has 4 nitrogen and oxygen atoms in total. The standard InChI is InChI=1S/C10H12BrNO3/c1-5-3-4-6(8(12)10(13)14)9(15-2)7(5)11/h3-4,8H,12H2,1-2H3,(H,13,14). The van der Waals surface area contributed by atoms with Crippen LogP contribution >= 0.6 is 15.9 Å². The smallest absolute Gasteiger partial charge is 0.325 e. The van der Waals surface area contributed by atoms with Gasteiger partial charge in [0.2, 0.25) is 0 Å². The summed E-state index contributed by atoms with van der Waals surface area (Å²) in [5.41, 5.74) is 6.96. The molecule has 0 aliphatic carbocycles. The molecular formula is C10H12BrNO3. The van der Waals surface area contributed by atoms with E-state index in [0.717, 1.165) is 10.0 Å². The first-order chi connectivity index (χ1) is 6.99. The van der Waals surface area contributed by atoms with Crippen LogP contribution in [0.1, 0.15) is 17.2 Å². The Morgan fingerprint density at radius 3 is 2.67 bits per heavy atom. The molecule has 0 radical (unpaired) electrons. The molecule has 82 valence electrons. The van der Waals surface area contributed by atoms with Gasteiger partial charge in [0.1, 0.15) is 11.8 Å². The van der Waals surface area contributed by atoms with Crippen molar-refractivity contribution < 1.29 is 14.6 Å². The number of aryl methyl sites for hydroxylation is 1. The van der Waals surface area contributed by atoms with Gasteiger partial charge in [-0.05, 0) is 28.4 Å². The van der Waals surface area contributed by atoms with E-state index in [2.05, 4.69) is 15.9 Å². The van der Waals surface area contributed by atoms with Crippen LogP contribution in [0.4, 0.5) is 0 Å². The minimum absolute atomic E-state index is 0.461. The van der Waals surface area contributed by atoms with Crippen LogP contribution in [-0.4, -0.2) is 18.2 Å². The zero-order chi connectivity index (χ0) is 11.6. The molecule has 1 aromatic rings. The average molecular weight is 274 g/mol. The van der Waals surface area contributed by atoms with Gasteiger partial charge >= 0.3 is 5.97 Å². The molecule has 0 aliphatic rings. The van der Waals surface area contributed by atoms with Crippen molar-refractivity contribution in [3.8, 4) is 5.75 Å². The second-order valence-corrected chi connectivity index (χ2v) is 3.93. The highest BCUT2D eigenvalue weighted by atomic mass is 79.9. The molecule has 1 unspecified atom stereocenters. The summed E-state index contributed by atoms with van der Waals surface area (Å²) in [4.78, 5) is 10.8. The molecule has 0 amide bonds. The monoisotopic (exact) mass is 273 g/mol. The fourth-order valence-corrected chi connectivity index (χ4v) is 1.78. The van der Waals surface area contributed by atoms with E-state index in [1.54, 1.807) is 12.1 Å². The first kappa shape index (κ1) is 12.0. The molecular weight excluding hydrogens is 262 g/mol. The van der Waals surface area contributed by atoms with Gasteiger partial charge < -0.3 is 15.6 Å². The summed E-state index contributed by atoms with van der Waals surface area (Å²) < 4.78 is 5.87. The van der Waals surface area contributed by atoms with E-state index in [1.807, 2.05) is 6.92 Å². The topological polar surface area (TPSA) is 72.5 Å². The van der Waals surface area contributed by atoms with Gasteiger partial charge in [-0.15, -0.1) is 0 Å². The molecule has 0 aromatic heterocycles. The predicted octanol–water partition coefficient (Wildman–Crippen LogP) is 1.85. The van der Waals surface area contributed by atoms with E-state index < -0.39 is 12.0 Å². The number of aliphatic carboxylic acids is 1. The van der Waals surface area contributed by atoms with Crippen molar-refractivity contribution in [2.75, 3.05) is 7.11 Å². The maximum Gasteiger partial charge on any atom is 0.325 e. The third kappa shape index (κ3) is 2.30. The van der Waals surface area contributed by atoms with Crippen LogP contribution in [0.3, 0.4) is 0 Å². The predicted molar refractivity (Wildman–Crippen MR) is 60.0 cm³/mol. The third-order valence-corrected chi connectivity index (χ3v) is 3.11. The summed E-state index contributed by atoms with van der Waals surface area (Å²) in [7, 11) is 1.48. The lowest BCUT2D eigenvalue weighted by Gasteiger charge is -2.14. The Hall–Kier alpha value is -1.07. The van der Waals surface area contributed by atoms with Crippen LogP contribution in [0.5, 0.6) is 5.75 Å². The number of methoxy groups -OCH3 is 1. The first-order valence-corrected chi connectivity index (χ1v) is 5.09. The van der Waals surface area contributed by atoms with E-state index in [9.17, 15) is 4.79 Å². The number of hydrogen-bond acceptors (Lipinski definition) is 3. The van der Waals surface area contributed by atoms with Crippen LogP contribution in [0.25, 0.3) is 0 Å². The molecule has 0 saturated heterocycles.